The molecule has 3 aliphatic rings. The summed E-state index contributed by atoms with van der Waals surface area (Å²) in [6, 6.07) is 1.08. The Bertz CT molecular complexity index is 313. The smallest absolute Gasteiger partial charge is 0.191 e. The van der Waals surface area contributed by atoms with Gasteiger partial charge in [0.25, 0.3) is 0 Å². The quantitative estimate of drug-likeness (QED) is 0.420. The minimum absolute atomic E-state index is 0. The lowest BCUT2D eigenvalue weighted by Crippen LogP contribution is -2.64. The number of nitrogens with zero attached hydrogens (tertiary/aromatic N) is 3. The molecule has 3 aliphatic heterocycles. The van der Waals surface area contributed by atoms with Gasteiger partial charge < -0.3 is 10.6 Å². The third-order valence-corrected chi connectivity index (χ3v) is 4.49. The third kappa shape index (κ3) is 4.73. The Morgan fingerprint density at radius 2 is 1.85 bits per heavy atom. The number of piperazine rings is 3. The lowest BCUT2D eigenvalue weighted by molar-refractivity contribution is 0.0154. The Morgan fingerprint density at radius 1 is 1.20 bits per heavy atom. The number of fused-ring (bicyclic) bond motifs is 3. The normalized spacial score (nSPS) is 30.9. The van der Waals surface area contributed by atoms with Gasteiger partial charge in [0.1, 0.15) is 0 Å². The van der Waals surface area contributed by atoms with Crippen LogP contribution in [0.1, 0.15) is 20.8 Å². The van der Waals surface area contributed by atoms with Gasteiger partial charge in [-0.3, -0.25) is 14.8 Å². The van der Waals surface area contributed by atoms with E-state index in [0.29, 0.717) is 18.0 Å². The molecule has 118 valence electrons. The second kappa shape index (κ2) is 8.38. The lowest BCUT2D eigenvalue weighted by Gasteiger charge is -2.47. The SMILES string of the molecule is CN=C(NCC1CN2CCN1CC2)NC(C)C(C)C.I. The summed E-state index contributed by atoms with van der Waals surface area (Å²) in [7, 11) is 1.85. The average molecular weight is 395 g/mol. The van der Waals surface area contributed by atoms with Crippen molar-refractivity contribution in [2.75, 3.05) is 46.3 Å². The van der Waals surface area contributed by atoms with Crippen LogP contribution in [-0.2, 0) is 0 Å². The van der Waals surface area contributed by atoms with E-state index in [1.54, 1.807) is 0 Å². The number of guanidine groups is 1. The molecule has 0 saturated carbocycles. The lowest BCUT2D eigenvalue weighted by atomic mass is 10.1. The van der Waals surface area contributed by atoms with Crippen molar-refractivity contribution >= 4 is 29.9 Å². The number of hydrogen-bond donors (Lipinski definition) is 2. The average Bonchev–Trinajstić information content (AvgIpc) is 2.44. The fourth-order valence-electron chi connectivity index (χ4n) is 2.71. The summed E-state index contributed by atoms with van der Waals surface area (Å²) in [6.45, 7) is 13.8. The van der Waals surface area contributed by atoms with Crippen molar-refractivity contribution in [1.29, 1.82) is 0 Å². The maximum absolute atomic E-state index is 4.32. The van der Waals surface area contributed by atoms with Crippen LogP contribution >= 0.6 is 24.0 Å². The van der Waals surface area contributed by atoms with Crippen molar-refractivity contribution in [2.45, 2.75) is 32.9 Å². The first-order chi connectivity index (χ1) is 9.10. The predicted molar refractivity (Wildman–Crippen MR) is 96.0 cm³/mol. The Labute approximate surface area is 140 Å². The highest BCUT2D eigenvalue weighted by atomic mass is 127. The first kappa shape index (κ1) is 18.0. The predicted octanol–water partition coefficient (Wildman–Crippen LogP) is 0.814. The molecule has 0 aromatic heterocycles. The molecule has 3 heterocycles. The summed E-state index contributed by atoms with van der Waals surface area (Å²) in [6.07, 6.45) is 0. The molecule has 6 heteroatoms. The molecule has 2 atom stereocenters. The molecule has 0 aromatic rings. The van der Waals surface area contributed by atoms with Crippen molar-refractivity contribution in [1.82, 2.24) is 20.4 Å². The van der Waals surface area contributed by atoms with Gasteiger partial charge in [-0.25, -0.2) is 0 Å². The minimum Gasteiger partial charge on any atom is -0.355 e. The molecule has 0 amide bonds. The first-order valence-corrected chi connectivity index (χ1v) is 7.53. The van der Waals surface area contributed by atoms with Crippen LogP contribution in [0.15, 0.2) is 4.99 Å². The van der Waals surface area contributed by atoms with Crippen molar-refractivity contribution in [3.63, 3.8) is 0 Å². The van der Waals surface area contributed by atoms with Crippen molar-refractivity contribution < 1.29 is 0 Å². The van der Waals surface area contributed by atoms with Gasteiger partial charge in [-0.2, -0.15) is 0 Å². The molecule has 0 aromatic carbocycles. The molecule has 3 saturated heterocycles. The van der Waals surface area contributed by atoms with Crippen LogP contribution in [0.2, 0.25) is 0 Å². The number of hydrogen-bond acceptors (Lipinski definition) is 3. The molecule has 2 bridgehead atoms. The molecular weight excluding hydrogens is 365 g/mol. The van der Waals surface area contributed by atoms with Crippen LogP contribution in [-0.4, -0.2) is 74.2 Å². The fourth-order valence-corrected chi connectivity index (χ4v) is 2.71. The van der Waals surface area contributed by atoms with Crippen LogP contribution in [0.25, 0.3) is 0 Å². The summed E-state index contributed by atoms with van der Waals surface area (Å²) >= 11 is 0. The molecule has 20 heavy (non-hydrogen) atoms. The summed E-state index contributed by atoms with van der Waals surface area (Å²) in [4.78, 5) is 9.49. The van der Waals surface area contributed by atoms with E-state index >= 15 is 0 Å². The van der Waals surface area contributed by atoms with Gasteiger partial charge in [0, 0.05) is 58.4 Å². The van der Waals surface area contributed by atoms with Crippen LogP contribution in [0, 0.1) is 5.92 Å². The topological polar surface area (TPSA) is 42.9 Å². The summed E-state index contributed by atoms with van der Waals surface area (Å²) in [5.74, 6) is 1.54. The monoisotopic (exact) mass is 395 g/mol. The fraction of sp³-hybridized carbons (Fsp3) is 0.929. The Morgan fingerprint density at radius 3 is 2.30 bits per heavy atom. The van der Waals surface area contributed by atoms with Gasteiger partial charge in [-0.05, 0) is 12.8 Å². The van der Waals surface area contributed by atoms with E-state index in [2.05, 4.69) is 46.2 Å². The third-order valence-electron chi connectivity index (χ3n) is 4.49. The highest BCUT2D eigenvalue weighted by Crippen LogP contribution is 2.14. The van der Waals surface area contributed by atoms with Gasteiger partial charge in [0.15, 0.2) is 5.96 Å². The van der Waals surface area contributed by atoms with Crippen LogP contribution < -0.4 is 10.6 Å². The molecule has 3 rings (SSSR count). The van der Waals surface area contributed by atoms with E-state index in [1.807, 2.05) is 7.05 Å². The van der Waals surface area contributed by atoms with Crippen molar-refractivity contribution in [3.05, 3.63) is 0 Å². The maximum Gasteiger partial charge on any atom is 0.191 e. The molecule has 5 nitrogen and oxygen atoms in total. The Kier molecular flexibility index (Phi) is 7.53. The van der Waals surface area contributed by atoms with E-state index in [4.69, 9.17) is 0 Å². The standard InChI is InChI=1S/C14H29N5.HI/c1-11(2)12(3)17-14(15-4)16-9-13-10-18-5-7-19(13)8-6-18;/h11-13H,5-10H2,1-4H3,(H2,15,16,17);1H. The minimum atomic E-state index is 0. The zero-order valence-electron chi connectivity index (χ0n) is 13.2. The van der Waals surface area contributed by atoms with Gasteiger partial charge in [0.2, 0.25) is 0 Å². The molecular formula is C14H30IN5. The van der Waals surface area contributed by atoms with Crippen LogP contribution in [0.4, 0.5) is 0 Å². The largest absolute Gasteiger partial charge is 0.355 e. The highest BCUT2D eigenvalue weighted by Gasteiger charge is 2.31. The van der Waals surface area contributed by atoms with Gasteiger partial charge in [-0.15, -0.1) is 24.0 Å². The van der Waals surface area contributed by atoms with Crippen LogP contribution in [0.5, 0.6) is 0 Å². The van der Waals surface area contributed by atoms with Crippen LogP contribution in [0.3, 0.4) is 0 Å². The molecule has 3 fully saturated rings. The molecule has 2 N–H and O–H groups in total. The Balaban J connectivity index is 0.00000200. The molecule has 0 spiro atoms. The van der Waals surface area contributed by atoms with E-state index in [0.717, 1.165) is 12.5 Å². The first-order valence-electron chi connectivity index (χ1n) is 7.53. The summed E-state index contributed by atoms with van der Waals surface area (Å²) < 4.78 is 0. The van der Waals surface area contributed by atoms with E-state index < -0.39 is 0 Å². The molecule has 0 aliphatic carbocycles. The molecule has 0 radical (unpaired) electrons. The summed E-state index contributed by atoms with van der Waals surface area (Å²) in [5, 5.41) is 6.94. The van der Waals surface area contributed by atoms with E-state index in [-0.39, 0.29) is 24.0 Å². The zero-order chi connectivity index (χ0) is 13.8. The van der Waals surface area contributed by atoms with E-state index in [1.165, 1.54) is 32.7 Å². The number of aliphatic imine (C=N–C) groups is 1. The highest BCUT2D eigenvalue weighted by molar-refractivity contribution is 14.0. The molecule has 2 unspecified atom stereocenters. The number of halogens is 1. The van der Waals surface area contributed by atoms with E-state index in [9.17, 15) is 0 Å². The second-order valence-electron chi connectivity index (χ2n) is 6.12. The summed E-state index contributed by atoms with van der Waals surface area (Å²) in [5.41, 5.74) is 0. The van der Waals surface area contributed by atoms with Gasteiger partial charge >= 0.3 is 0 Å². The second-order valence-corrected chi connectivity index (χ2v) is 6.12. The van der Waals surface area contributed by atoms with Gasteiger partial charge in [0.05, 0.1) is 0 Å². The zero-order valence-corrected chi connectivity index (χ0v) is 15.6. The van der Waals surface area contributed by atoms with Gasteiger partial charge in [-0.1, -0.05) is 13.8 Å². The van der Waals surface area contributed by atoms with Crippen molar-refractivity contribution in [2.24, 2.45) is 10.9 Å². The Hall–Kier alpha value is -0.0800. The number of nitrogens with one attached hydrogen (secondary N) is 2. The maximum atomic E-state index is 4.32. The number of rotatable bonds is 4. The van der Waals surface area contributed by atoms with Crippen molar-refractivity contribution in [3.8, 4) is 0 Å².